The molecule has 0 bridgehead atoms. The van der Waals surface area contributed by atoms with Gasteiger partial charge in [-0.05, 0) is 64.7 Å². The van der Waals surface area contributed by atoms with E-state index in [4.69, 9.17) is 9.47 Å². The molecule has 0 aliphatic rings. The number of hydrogen-bond acceptors (Lipinski definition) is 3. The first-order valence-electron chi connectivity index (χ1n) is 7.40. The molecule has 4 heteroatoms. The predicted octanol–water partition coefficient (Wildman–Crippen LogP) is 4.51. The first-order chi connectivity index (χ1) is 9.81. The molecule has 0 aliphatic carbocycles. The molecule has 0 fully saturated rings. The fourth-order valence-corrected chi connectivity index (χ4v) is 2.37. The molecule has 118 valence electrons. The highest BCUT2D eigenvalue weighted by Gasteiger charge is 2.15. The van der Waals surface area contributed by atoms with Gasteiger partial charge in [0.15, 0.2) is 0 Å². The van der Waals surface area contributed by atoms with E-state index in [1.54, 1.807) is 0 Å². The molecule has 0 aliphatic heterocycles. The van der Waals surface area contributed by atoms with Gasteiger partial charge >= 0.3 is 5.97 Å². The van der Waals surface area contributed by atoms with Crippen LogP contribution in [0.5, 0.6) is 5.75 Å². The number of rotatable bonds is 7. The zero-order valence-electron chi connectivity index (χ0n) is 13.3. The number of halogens is 1. The molecule has 0 N–H and O–H groups in total. The summed E-state index contributed by atoms with van der Waals surface area (Å²) in [5, 5.41) is 0. The molecule has 3 nitrogen and oxygen atoms in total. The molecule has 21 heavy (non-hydrogen) atoms. The van der Waals surface area contributed by atoms with Crippen LogP contribution < -0.4 is 4.74 Å². The summed E-state index contributed by atoms with van der Waals surface area (Å²) in [6, 6.07) is 8.15. The number of ether oxygens (including phenoxy) is 2. The van der Waals surface area contributed by atoms with Crippen molar-refractivity contribution in [1.29, 1.82) is 0 Å². The van der Waals surface area contributed by atoms with E-state index in [0.717, 1.165) is 25.0 Å². The fraction of sp³-hybridized carbons (Fsp3) is 0.588. The molecule has 1 unspecified atom stereocenters. The quantitative estimate of drug-likeness (QED) is 0.532. The second kappa shape index (κ2) is 8.42. The smallest absolute Gasteiger partial charge is 0.319 e. The van der Waals surface area contributed by atoms with Crippen molar-refractivity contribution in [3.05, 3.63) is 29.8 Å². The summed E-state index contributed by atoms with van der Waals surface area (Å²) in [6.45, 7) is 8.35. The van der Waals surface area contributed by atoms with Crippen molar-refractivity contribution < 1.29 is 14.3 Å². The van der Waals surface area contributed by atoms with Gasteiger partial charge < -0.3 is 9.47 Å². The zero-order valence-corrected chi connectivity index (χ0v) is 14.9. The van der Waals surface area contributed by atoms with Crippen molar-refractivity contribution in [2.24, 2.45) is 0 Å². The van der Waals surface area contributed by atoms with Crippen LogP contribution in [0.15, 0.2) is 24.3 Å². The highest BCUT2D eigenvalue weighted by atomic mass is 79.9. The van der Waals surface area contributed by atoms with Gasteiger partial charge in [-0.1, -0.05) is 28.1 Å². The number of carbonyl (C=O) groups excluding carboxylic acids is 1. The van der Waals surface area contributed by atoms with Gasteiger partial charge in [-0.2, -0.15) is 0 Å². The zero-order chi connectivity index (χ0) is 15.9. The summed E-state index contributed by atoms with van der Waals surface area (Å²) in [5.74, 6) is 0.711. The maximum absolute atomic E-state index is 11.5. The number of esters is 1. The molecule has 0 saturated heterocycles. The second-order valence-corrected chi connectivity index (χ2v) is 7.08. The Bertz CT molecular complexity index is 434. The van der Waals surface area contributed by atoms with Crippen LogP contribution in [-0.2, 0) is 16.0 Å². The Labute approximate surface area is 136 Å². The van der Waals surface area contributed by atoms with Crippen molar-refractivity contribution >= 4 is 21.9 Å². The van der Waals surface area contributed by atoms with Crippen LogP contribution in [0, 0.1) is 0 Å². The molecule has 1 aromatic rings. The van der Waals surface area contributed by atoms with Crippen LogP contribution >= 0.6 is 15.9 Å². The second-order valence-electron chi connectivity index (χ2n) is 5.97. The van der Waals surface area contributed by atoms with Crippen molar-refractivity contribution in [3.63, 3.8) is 0 Å². The van der Waals surface area contributed by atoms with Gasteiger partial charge in [0.25, 0.3) is 0 Å². The average molecular weight is 357 g/mol. The van der Waals surface area contributed by atoms with Crippen LogP contribution in [0.1, 0.15) is 46.1 Å². The molecule has 0 spiro atoms. The molecule has 0 radical (unpaired) electrons. The van der Waals surface area contributed by atoms with E-state index in [1.165, 1.54) is 5.56 Å². The highest BCUT2D eigenvalue weighted by Crippen LogP contribution is 2.20. The van der Waals surface area contributed by atoms with Gasteiger partial charge in [0.05, 0.1) is 6.61 Å². The van der Waals surface area contributed by atoms with Crippen molar-refractivity contribution in [3.8, 4) is 5.75 Å². The van der Waals surface area contributed by atoms with Crippen LogP contribution in [0.25, 0.3) is 0 Å². The van der Waals surface area contributed by atoms with Crippen LogP contribution in [0.4, 0.5) is 0 Å². The highest BCUT2D eigenvalue weighted by molar-refractivity contribution is 9.10. The lowest BCUT2D eigenvalue weighted by Crippen LogP contribution is -2.22. The number of carbonyl (C=O) groups is 1. The third-order valence-corrected chi connectivity index (χ3v) is 3.64. The standard InChI is InChI=1S/C17H25BrO3/c1-5-20-16(19)15(18)8-6-7-13-9-11-14(12-10-13)21-17(2,3)4/h9-12,15H,5-8H2,1-4H3. The SMILES string of the molecule is CCOC(=O)C(Br)CCCc1ccc(OC(C)(C)C)cc1. The maximum atomic E-state index is 11.5. The first kappa shape index (κ1) is 18.0. The van der Waals surface area contributed by atoms with Crippen LogP contribution in [0.3, 0.4) is 0 Å². The maximum Gasteiger partial charge on any atom is 0.319 e. The molecule has 0 saturated carbocycles. The monoisotopic (exact) mass is 356 g/mol. The molecular formula is C17H25BrO3. The third-order valence-electron chi connectivity index (χ3n) is 2.81. The Morgan fingerprint density at radius 1 is 1.24 bits per heavy atom. The number of aryl methyl sites for hydroxylation is 1. The van der Waals surface area contributed by atoms with Gasteiger partial charge in [-0.3, -0.25) is 4.79 Å². The Kier molecular flexibility index (Phi) is 7.23. The summed E-state index contributed by atoms with van der Waals surface area (Å²) in [7, 11) is 0. The average Bonchev–Trinajstić information content (AvgIpc) is 2.39. The summed E-state index contributed by atoms with van der Waals surface area (Å²) in [6.07, 6.45) is 2.66. The summed E-state index contributed by atoms with van der Waals surface area (Å²) in [4.78, 5) is 11.3. The van der Waals surface area contributed by atoms with E-state index in [0.29, 0.717) is 6.61 Å². The van der Waals surface area contributed by atoms with Crippen molar-refractivity contribution in [2.45, 2.75) is 57.4 Å². The summed E-state index contributed by atoms with van der Waals surface area (Å²) >= 11 is 3.37. The Morgan fingerprint density at radius 3 is 2.38 bits per heavy atom. The summed E-state index contributed by atoms with van der Waals surface area (Å²) in [5.41, 5.74) is 1.07. The Morgan fingerprint density at radius 2 is 1.86 bits per heavy atom. The van der Waals surface area contributed by atoms with Crippen LogP contribution in [-0.4, -0.2) is 23.0 Å². The third kappa shape index (κ3) is 7.51. The predicted molar refractivity (Wildman–Crippen MR) is 89.1 cm³/mol. The molecular weight excluding hydrogens is 332 g/mol. The number of alkyl halides is 1. The van der Waals surface area contributed by atoms with E-state index >= 15 is 0 Å². The lowest BCUT2D eigenvalue weighted by Gasteiger charge is -2.21. The fourth-order valence-electron chi connectivity index (χ4n) is 1.91. The lowest BCUT2D eigenvalue weighted by molar-refractivity contribution is -0.142. The molecule has 0 heterocycles. The Balaban J connectivity index is 2.38. The van der Waals surface area contributed by atoms with Gasteiger partial charge in [0.1, 0.15) is 16.2 Å². The number of benzene rings is 1. The van der Waals surface area contributed by atoms with Gasteiger partial charge in [-0.15, -0.1) is 0 Å². The number of hydrogen-bond donors (Lipinski definition) is 0. The lowest BCUT2D eigenvalue weighted by atomic mass is 10.1. The molecule has 0 amide bonds. The van der Waals surface area contributed by atoms with E-state index < -0.39 is 0 Å². The molecule has 1 atom stereocenters. The van der Waals surface area contributed by atoms with Gasteiger partial charge in [0, 0.05) is 0 Å². The minimum atomic E-state index is -0.207. The van der Waals surface area contributed by atoms with Gasteiger partial charge in [0.2, 0.25) is 0 Å². The minimum Gasteiger partial charge on any atom is -0.488 e. The van der Waals surface area contributed by atoms with E-state index in [-0.39, 0.29) is 16.4 Å². The minimum absolute atomic E-state index is 0.175. The normalized spacial score (nSPS) is 12.8. The molecule has 1 aromatic carbocycles. The van der Waals surface area contributed by atoms with E-state index in [1.807, 2.05) is 39.8 Å². The van der Waals surface area contributed by atoms with Crippen molar-refractivity contribution in [1.82, 2.24) is 0 Å². The van der Waals surface area contributed by atoms with Crippen LogP contribution in [0.2, 0.25) is 0 Å². The topological polar surface area (TPSA) is 35.5 Å². The van der Waals surface area contributed by atoms with E-state index in [2.05, 4.69) is 28.1 Å². The Hall–Kier alpha value is -1.03. The molecule has 1 rings (SSSR count). The van der Waals surface area contributed by atoms with Gasteiger partial charge in [-0.25, -0.2) is 0 Å². The first-order valence-corrected chi connectivity index (χ1v) is 8.32. The summed E-state index contributed by atoms with van der Waals surface area (Å²) < 4.78 is 10.8. The van der Waals surface area contributed by atoms with Crippen molar-refractivity contribution in [2.75, 3.05) is 6.61 Å². The largest absolute Gasteiger partial charge is 0.488 e. The molecule has 0 aromatic heterocycles. The van der Waals surface area contributed by atoms with E-state index in [9.17, 15) is 4.79 Å².